The number of benzene rings is 1. The monoisotopic (exact) mass is 225 g/mol. The fourth-order valence-corrected chi connectivity index (χ4v) is 2.31. The van der Waals surface area contributed by atoms with Gasteiger partial charge in [-0.25, -0.2) is 9.97 Å². The number of nitrogen functional groups attached to an aromatic ring is 1. The van der Waals surface area contributed by atoms with E-state index >= 15 is 0 Å². The van der Waals surface area contributed by atoms with Crippen molar-refractivity contribution < 1.29 is 0 Å². The van der Waals surface area contributed by atoms with Crippen molar-refractivity contribution in [3.63, 3.8) is 0 Å². The van der Waals surface area contributed by atoms with Crippen molar-refractivity contribution >= 4 is 5.69 Å². The van der Waals surface area contributed by atoms with E-state index in [9.17, 15) is 0 Å². The summed E-state index contributed by atoms with van der Waals surface area (Å²) >= 11 is 0. The Labute approximate surface area is 101 Å². The second-order valence-corrected chi connectivity index (χ2v) is 4.61. The van der Waals surface area contributed by atoms with E-state index in [0.717, 1.165) is 29.9 Å². The highest BCUT2D eigenvalue weighted by molar-refractivity contribution is 5.72. The maximum Gasteiger partial charge on any atom is 0.161 e. The van der Waals surface area contributed by atoms with Crippen molar-refractivity contribution in [3.05, 3.63) is 41.2 Å². The van der Waals surface area contributed by atoms with Crippen LogP contribution < -0.4 is 5.73 Å². The van der Waals surface area contributed by atoms with Gasteiger partial charge in [0.25, 0.3) is 0 Å². The lowest BCUT2D eigenvalue weighted by atomic mass is 10.1. The van der Waals surface area contributed by atoms with Gasteiger partial charge in [0.2, 0.25) is 0 Å². The lowest BCUT2D eigenvalue weighted by Gasteiger charge is -2.07. The van der Waals surface area contributed by atoms with E-state index in [2.05, 4.69) is 16.9 Å². The Balaban J connectivity index is 2.12. The molecule has 0 atom stereocenters. The summed E-state index contributed by atoms with van der Waals surface area (Å²) in [5.74, 6) is 0.756. The summed E-state index contributed by atoms with van der Waals surface area (Å²) in [6.45, 7) is 2.05. The first-order valence-electron chi connectivity index (χ1n) is 5.95. The summed E-state index contributed by atoms with van der Waals surface area (Å²) < 4.78 is 0. The van der Waals surface area contributed by atoms with E-state index in [4.69, 9.17) is 5.73 Å². The highest BCUT2D eigenvalue weighted by atomic mass is 14.9. The Morgan fingerprint density at radius 3 is 3.00 bits per heavy atom. The summed E-state index contributed by atoms with van der Waals surface area (Å²) in [5.41, 5.74) is 11.3. The number of hydrogen-bond acceptors (Lipinski definition) is 3. The van der Waals surface area contributed by atoms with Crippen LogP contribution in [-0.2, 0) is 12.8 Å². The third-order valence-electron chi connectivity index (χ3n) is 3.26. The highest BCUT2D eigenvalue weighted by Crippen LogP contribution is 2.26. The Bertz CT molecular complexity index is 576. The van der Waals surface area contributed by atoms with Crippen molar-refractivity contribution in [2.45, 2.75) is 26.2 Å². The van der Waals surface area contributed by atoms with Crippen LogP contribution in [-0.4, -0.2) is 9.97 Å². The van der Waals surface area contributed by atoms with Crippen molar-refractivity contribution in [2.24, 2.45) is 0 Å². The second kappa shape index (κ2) is 3.84. The first-order chi connectivity index (χ1) is 8.24. The largest absolute Gasteiger partial charge is 0.398 e. The molecule has 0 unspecified atom stereocenters. The Morgan fingerprint density at radius 2 is 2.12 bits per heavy atom. The van der Waals surface area contributed by atoms with Crippen LogP contribution in [0, 0.1) is 6.92 Å². The van der Waals surface area contributed by atoms with Gasteiger partial charge in [-0.1, -0.05) is 11.6 Å². The van der Waals surface area contributed by atoms with Crippen LogP contribution in [0.1, 0.15) is 23.2 Å². The van der Waals surface area contributed by atoms with Crippen molar-refractivity contribution in [1.29, 1.82) is 0 Å². The lowest BCUT2D eigenvalue weighted by Crippen LogP contribution is -1.98. The molecule has 1 aromatic heterocycles. The van der Waals surface area contributed by atoms with Crippen molar-refractivity contribution in [2.75, 3.05) is 5.73 Å². The van der Waals surface area contributed by atoms with Gasteiger partial charge < -0.3 is 5.73 Å². The van der Waals surface area contributed by atoms with Crippen LogP contribution in [0.4, 0.5) is 5.69 Å². The van der Waals surface area contributed by atoms with E-state index < -0.39 is 0 Å². The molecule has 1 heterocycles. The van der Waals surface area contributed by atoms with Gasteiger partial charge in [-0.2, -0.15) is 0 Å². The maximum atomic E-state index is 5.99. The number of aryl methyl sites for hydroxylation is 3. The van der Waals surface area contributed by atoms with Gasteiger partial charge in [0.05, 0.1) is 0 Å². The molecule has 0 spiro atoms. The smallest absolute Gasteiger partial charge is 0.161 e. The van der Waals surface area contributed by atoms with Crippen LogP contribution in [0.15, 0.2) is 24.4 Å². The van der Waals surface area contributed by atoms with Crippen LogP contribution >= 0.6 is 0 Å². The highest BCUT2D eigenvalue weighted by Gasteiger charge is 2.15. The molecule has 0 saturated carbocycles. The average Bonchev–Trinajstić information content (AvgIpc) is 2.79. The summed E-state index contributed by atoms with van der Waals surface area (Å²) in [6.07, 6.45) is 5.32. The molecule has 3 heteroatoms. The SMILES string of the molecule is Cc1ccc(N)c(-c2ncc3c(n2)CCC3)c1. The molecule has 17 heavy (non-hydrogen) atoms. The third-order valence-corrected chi connectivity index (χ3v) is 3.26. The van der Waals surface area contributed by atoms with Gasteiger partial charge in [-0.05, 0) is 43.9 Å². The van der Waals surface area contributed by atoms with E-state index in [1.807, 2.05) is 24.4 Å². The molecule has 0 bridgehead atoms. The normalized spacial score (nSPS) is 13.7. The summed E-state index contributed by atoms with van der Waals surface area (Å²) in [5, 5.41) is 0. The molecule has 0 radical (unpaired) electrons. The maximum absolute atomic E-state index is 5.99. The molecular weight excluding hydrogens is 210 g/mol. The topological polar surface area (TPSA) is 51.8 Å². The van der Waals surface area contributed by atoms with E-state index in [0.29, 0.717) is 0 Å². The predicted molar refractivity (Wildman–Crippen MR) is 68.6 cm³/mol. The number of anilines is 1. The van der Waals surface area contributed by atoms with Crippen LogP contribution in [0.2, 0.25) is 0 Å². The molecule has 1 aliphatic rings. The molecule has 3 nitrogen and oxygen atoms in total. The summed E-state index contributed by atoms with van der Waals surface area (Å²) in [4.78, 5) is 9.07. The van der Waals surface area contributed by atoms with E-state index in [1.54, 1.807) is 0 Å². The zero-order valence-electron chi connectivity index (χ0n) is 9.90. The molecule has 3 rings (SSSR count). The number of fused-ring (bicyclic) bond motifs is 1. The Hall–Kier alpha value is -1.90. The summed E-state index contributed by atoms with van der Waals surface area (Å²) in [7, 11) is 0. The number of nitrogens with two attached hydrogens (primary N) is 1. The zero-order valence-corrected chi connectivity index (χ0v) is 9.90. The quantitative estimate of drug-likeness (QED) is 0.759. The molecule has 1 aromatic carbocycles. The minimum atomic E-state index is 0.744. The van der Waals surface area contributed by atoms with Gasteiger partial charge >= 0.3 is 0 Å². The Kier molecular flexibility index (Phi) is 2.32. The standard InChI is InChI=1S/C14H15N3/c1-9-5-6-12(15)11(7-9)14-16-8-10-3-2-4-13(10)17-14/h5-8H,2-4,15H2,1H3. The van der Waals surface area contributed by atoms with Gasteiger partial charge in [0, 0.05) is 23.1 Å². The molecule has 1 aliphatic carbocycles. The van der Waals surface area contributed by atoms with Crippen LogP contribution in [0.5, 0.6) is 0 Å². The second-order valence-electron chi connectivity index (χ2n) is 4.61. The molecule has 2 aromatic rings. The van der Waals surface area contributed by atoms with Gasteiger partial charge in [0.1, 0.15) is 0 Å². The molecule has 86 valence electrons. The lowest BCUT2D eigenvalue weighted by molar-refractivity contribution is 0.900. The molecule has 2 N–H and O–H groups in total. The number of rotatable bonds is 1. The third kappa shape index (κ3) is 1.78. The number of hydrogen-bond donors (Lipinski definition) is 1. The number of aromatic nitrogens is 2. The van der Waals surface area contributed by atoms with Gasteiger partial charge in [-0.3, -0.25) is 0 Å². The van der Waals surface area contributed by atoms with Crippen molar-refractivity contribution in [1.82, 2.24) is 9.97 Å². The average molecular weight is 225 g/mol. The zero-order chi connectivity index (χ0) is 11.8. The van der Waals surface area contributed by atoms with E-state index in [-0.39, 0.29) is 0 Å². The molecular formula is C14H15N3. The van der Waals surface area contributed by atoms with E-state index in [1.165, 1.54) is 23.2 Å². The first-order valence-corrected chi connectivity index (χ1v) is 5.95. The Morgan fingerprint density at radius 1 is 1.24 bits per heavy atom. The number of nitrogens with zero attached hydrogens (tertiary/aromatic N) is 2. The summed E-state index contributed by atoms with van der Waals surface area (Å²) in [6, 6.07) is 5.97. The minimum Gasteiger partial charge on any atom is -0.398 e. The fraction of sp³-hybridized carbons (Fsp3) is 0.286. The molecule has 0 saturated heterocycles. The minimum absolute atomic E-state index is 0.744. The predicted octanol–water partition coefficient (Wildman–Crippen LogP) is 2.52. The molecule has 0 amide bonds. The van der Waals surface area contributed by atoms with Gasteiger partial charge in [-0.15, -0.1) is 0 Å². The van der Waals surface area contributed by atoms with Crippen molar-refractivity contribution in [3.8, 4) is 11.4 Å². The fourth-order valence-electron chi connectivity index (χ4n) is 2.31. The first kappa shape index (κ1) is 10.3. The van der Waals surface area contributed by atoms with Crippen LogP contribution in [0.25, 0.3) is 11.4 Å². The van der Waals surface area contributed by atoms with Gasteiger partial charge in [0.15, 0.2) is 5.82 Å². The molecule has 0 fully saturated rings. The van der Waals surface area contributed by atoms with Crippen LogP contribution in [0.3, 0.4) is 0 Å². The molecule has 0 aliphatic heterocycles.